The van der Waals surface area contributed by atoms with E-state index in [0.717, 1.165) is 27.6 Å². The molecule has 0 aliphatic rings. The minimum Gasteiger partial charge on any atom is -0.457 e. The Morgan fingerprint density at radius 1 is 0.781 bits per heavy atom. The van der Waals surface area contributed by atoms with Crippen molar-refractivity contribution < 1.29 is 14.3 Å². The summed E-state index contributed by atoms with van der Waals surface area (Å²) >= 11 is 0. The maximum absolute atomic E-state index is 12.6. The third-order valence-corrected chi connectivity index (χ3v) is 5.20. The largest absolute Gasteiger partial charge is 0.457 e. The van der Waals surface area contributed by atoms with E-state index in [9.17, 15) is 9.59 Å². The van der Waals surface area contributed by atoms with Gasteiger partial charge < -0.3 is 15.8 Å². The zero-order chi connectivity index (χ0) is 22.3. The first-order valence-electron chi connectivity index (χ1n) is 10.5. The lowest BCUT2D eigenvalue weighted by molar-refractivity contribution is -0.116. The SMILES string of the molecule is Nc1ccc2cc(CCC(=O)Nc3ccccc3C(=O)OCc3ccccc3)ccc2c1. The molecule has 0 fully saturated rings. The van der Waals surface area contributed by atoms with Gasteiger partial charge in [-0.2, -0.15) is 0 Å². The van der Waals surface area contributed by atoms with Crippen LogP contribution in [0.15, 0.2) is 91.0 Å². The zero-order valence-electron chi connectivity index (χ0n) is 17.6. The fourth-order valence-corrected chi connectivity index (χ4v) is 3.51. The third-order valence-electron chi connectivity index (χ3n) is 5.20. The Morgan fingerprint density at radius 3 is 2.34 bits per heavy atom. The highest BCUT2D eigenvalue weighted by Crippen LogP contribution is 2.21. The van der Waals surface area contributed by atoms with E-state index in [0.29, 0.717) is 24.1 Å². The van der Waals surface area contributed by atoms with Crippen molar-refractivity contribution in [2.75, 3.05) is 11.1 Å². The molecule has 0 heterocycles. The summed E-state index contributed by atoms with van der Waals surface area (Å²) in [4.78, 5) is 25.1. The molecule has 0 unspecified atom stereocenters. The number of carbonyl (C=O) groups is 2. The van der Waals surface area contributed by atoms with Gasteiger partial charge in [0.25, 0.3) is 0 Å². The lowest BCUT2D eigenvalue weighted by Gasteiger charge is -2.11. The summed E-state index contributed by atoms with van der Waals surface area (Å²) in [5.41, 5.74) is 9.31. The van der Waals surface area contributed by atoms with Gasteiger partial charge in [0.1, 0.15) is 6.61 Å². The average Bonchev–Trinajstić information content (AvgIpc) is 2.82. The number of nitrogens with one attached hydrogen (secondary N) is 1. The molecule has 0 aromatic heterocycles. The minimum absolute atomic E-state index is 0.161. The van der Waals surface area contributed by atoms with Crippen LogP contribution in [0, 0.1) is 0 Å². The number of carbonyl (C=O) groups excluding carboxylic acids is 2. The van der Waals surface area contributed by atoms with Crippen LogP contribution in [0.4, 0.5) is 11.4 Å². The van der Waals surface area contributed by atoms with Crippen LogP contribution in [0.1, 0.15) is 27.9 Å². The first kappa shape index (κ1) is 21.1. The number of benzene rings is 4. The Bertz CT molecular complexity index is 1250. The van der Waals surface area contributed by atoms with E-state index in [-0.39, 0.29) is 12.5 Å². The molecular weight excluding hydrogens is 400 g/mol. The molecule has 0 aliphatic carbocycles. The summed E-state index contributed by atoms with van der Waals surface area (Å²) < 4.78 is 5.42. The summed E-state index contributed by atoms with van der Waals surface area (Å²) in [7, 11) is 0. The van der Waals surface area contributed by atoms with Gasteiger partial charge in [0.15, 0.2) is 0 Å². The molecule has 5 heteroatoms. The second-order valence-electron chi connectivity index (χ2n) is 7.60. The van der Waals surface area contributed by atoms with E-state index in [4.69, 9.17) is 10.5 Å². The molecular formula is C27H24N2O3. The first-order chi connectivity index (χ1) is 15.6. The number of amides is 1. The first-order valence-corrected chi connectivity index (χ1v) is 10.5. The van der Waals surface area contributed by atoms with Crippen LogP contribution in [0.5, 0.6) is 0 Å². The monoisotopic (exact) mass is 424 g/mol. The van der Waals surface area contributed by atoms with Crippen LogP contribution >= 0.6 is 0 Å². The van der Waals surface area contributed by atoms with Crippen molar-refractivity contribution in [1.82, 2.24) is 0 Å². The van der Waals surface area contributed by atoms with Crippen molar-refractivity contribution in [1.29, 1.82) is 0 Å². The Morgan fingerprint density at radius 2 is 1.50 bits per heavy atom. The highest BCUT2D eigenvalue weighted by molar-refractivity contribution is 6.01. The van der Waals surface area contributed by atoms with E-state index in [1.165, 1.54) is 0 Å². The Balaban J connectivity index is 1.37. The fraction of sp³-hybridized carbons (Fsp3) is 0.111. The highest BCUT2D eigenvalue weighted by atomic mass is 16.5. The molecule has 0 spiro atoms. The molecule has 4 aromatic carbocycles. The van der Waals surface area contributed by atoms with Gasteiger partial charge in [0.05, 0.1) is 11.3 Å². The lowest BCUT2D eigenvalue weighted by atomic mass is 10.0. The minimum atomic E-state index is -0.474. The van der Waals surface area contributed by atoms with E-state index >= 15 is 0 Å². The molecule has 32 heavy (non-hydrogen) atoms. The van der Waals surface area contributed by atoms with E-state index in [1.807, 2.05) is 60.7 Å². The number of rotatable bonds is 7. The van der Waals surface area contributed by atoms with Crippen molar-refractivity contribution in [2.24, 2.45) is 0 Å². The van der Waals surface area contributed by atoms with Gasteiger partial charge in [-0.05, 0) is 52.6 Å². The van der Waals surface area contributed by atoms with Crippen LogP contribution in [-0.4, -0.2) is 11.9 Å². The van der Waals surface area contributed by atoms with Crippen molar-refractivity contribution in [2.45, 2.75) is 19.4 Å². The second kappa shape index (κ2) is 9.79. The number of esters is 1. The van der Waals surface area contributed by atoms with E-state index in [1.54, 1.807) is 24.3 Å². The summed E-state index contributed by atoms with van der Waals surface area (Å²) in [5, 5.41) is 5.01. The quantitative estimate of drug-likeness (QED) is 0.309. The smallest absolute Gasteiger partial charge is 0.340 e. The maximum atomic E-state index is 12.6. The average molecular weight is 425 g/mol. The van der Waals surface area contributed by atoms with Crippen molar-refractivity contribution in [3.63, 3.8) is 0 Å². The molecule has 5 nitrogen and oxygen atoms in total. The van der Waals surface area contributed by atoms with Gasteiger partial charge in [0.2, 0.25) is 5.91 Å². The molecule has 0 radical (unpaired) electrons. The predicted molar refractivity (Wildman–Crippen MR) is 127 cm³/mol. The number of hydrogen-bond donors (Lipinski definition) is 2. The summed E-state index contributed by atoms with van der Waals surface area (Å²) in [6, 6.07) is 28.2. The van der Waals surface area contributed by atoms with Gasteiger partial charge in [-0.25, -0.2) is 4.79 Å². The zero-order valence-corrected chi connectivity index (χ0v) is 17.6. The lowest BCUT2D eigenvalue weighted by Crippen LogP contribution is -2.16. The van der Waals surface area contributed by atoms with Crippen LogP contribution in [0.2, 0.25) is 0 Å². The van der Waals surface area contributed by atoms with E-state index < -0.39 is 5.97 Å². The molecule has 0 aliphatic heterocycles. The number of ether oxygens (including phenoxy) is 1. The summed E-state index contributed by atoms with van der Waals surface area (Å²) in [6.45, 7) is 0.176. The molecule has 4 rings (SSSR count). The van der Waals surface area contributed by atoms with Crippen LogP contribution in [0.25, 0.3) is 10.8 Å². The Kier molecular flexibility index (Phi) is 6.46. The van der Waals surface area contributed by atoms with Gasteiger partial charge in [-0.3, -0.25) is 4.79 Å². The normalized spacial score (nSPS) is 10.6. The highest BCUT2D eigenvalue weighted by Gasteiger charge is 2.14. The number of anilines is 2. The molecule has 1 amide bonds. The van der Waals surface area contributed by atoms with E-state index in [2.05, 4.69) is 11.4 Å². The van der Waals surface area contributed by atoms with Gasteiger partial charge in [-0.15, -0.1) is 0 Å². The number of nitrogens with two attached hydrogens (primary N) is 1. The van der Waals surface area contributed by atoms with Crippen LogP contribution in [-0.2, 0) is 22.6 Å². The van der Waals surface area contributed by atoms with Crippen LogP contribution in [0.3, 0.4) is 0 Å². The van der Waals surface area contributed by atoms with Gasteiger partial charge in [-0.1, -0.05) is 66.7 Å². The predicted octanol–water partition coefficient (Wildman–Crippen LogP) is 5.35. The van der Waals surface area contributed by atoms with Crippen LogP contribution < -0.4 is 11.1 Å². The second-order valence-corrected chi connectivity index (χ2v) is 7.60. The van der Waals surface area contributed by atoms with Gasteiger partial charge in [0, 0.05) is 12.1 Å². The molecule has 3 N–H and O–H groups in total. The number of hydrogen-bond acceptors (Lipinski definition) is 4. The molecule has 160 valence electrons. The van der Waals surface area contributed by atoms with Crippen molar-refractivity contribution in [3.8, 4) is 0 Å². The Hall–Kier alpha value is -4.12. The molecule has 0 saturated heterocycles. The summed E-state index contributed by atoms with van der Waals surface area (Å²) in [6.07, 6.45) is 0.890. The Labute approximate surface area is 186 Å². The number of nitrogen functional groups attached to an aromatic ring is 1. The summed E-state index contributed by atoms with van der Waals surface area (Å²) in [5.74, 6) is -0.635. The van der Waals surface area contributed by atoms with Crippen molar-refractivity contribution >= 4 is 34.0 Å². The van der Waals surface area contributed by atoms with Gasteiger partial charge >= 0.3 is 5.97 Å². The molecule has 4 aromatic rings. The molecule has 0 atom stereocenters. The standard InChI is InChI=1S/C27H24N2O3/c28-23-14-13-21-16-19(10-12-22(21)17-23)11-15-26(30)29-25-9-5-4-8-24(25)27(31)32-18-20-6-2-1-3-7-20/h1-10,12-14,16-17H,11,15,18,28H2,(H,29,30). The number of aryl methyl sites for hydroxylation is 1. The van der Waals surface area contributed by atoms with Crippen molar-refractivity contribution in [3.05, 3.63) is 108 Å². The molecule has 0 saturated carbocycles. The number of para-hydroxylation sites is 1. The maximum Gasteiger partial charge on any atom is 0.340 e. The fourth-order valence-electron chi connectivity index (χ4n) is 3.51. The third kappa shape index (κ3) is 5.32. The topological polar surface area (TPSA) is 81.4 Å². The molecule has 0 bridgehead atoms. The number of fused-ring (bicyclic) bond motifs is 1.